The van der Waals surface area contributed by atoms with Gasteiger partial charge in [0.05, 0.1) is 12.3 Å². The van der Waals surface area contributed by atoms with Gasteiger partial charge in [0, 0.05) is 5.41 Å². The molecule has 4 aliphatic carbocycles. The molecule has 0 radical (unpaired) electrons. The number of rotatable bonds is 6. The molecule has 9 heteroatoms. The topological polar surface area (TPSA) is 127 Å². The highest BCUT2D eigenvalue weighted by molar-refractivity contribution is 5.90. The summed E-state index contributed by atoms with van der Waals surface area (Å²) in [6, 6.07) is 1.87. The zero-order chi connectivity index (χ0) is 19.9. The minimum atomic E-state index is -0.719. The van der Waals surface area contributed by atoms with E-state index < -0.39 is 22.8 Å². The van der Waals surface area contributed by atoms with E-state index in [1.54, 1.807) is 6.92 Å². The lowest BCUT2D eigenvalue weighted by Crippen LogP contribution is -2.56. The van der Waals surface area contributed by atoms with E-state index in [1.807, 2.05) is 0 Å². The fourth-order valence-electron chi connectivity index (χ4n) is 5.57. The second kappa shape index (κ2) is 7.03. The summed E-state index contributed by atoms with van der Waals surface area (Å²) in [7, 11) is 0. The maximum absolute atomic E-state index is 13.0. The van der Waals surface area contributed by atoms with Gasteiger partial charge in [0.2, 0.25) is 5.91 Å². The quantitative estimate of drug-likeness (QED) is 0.439. The molecule has 2 amide bonds. The van der Waals surface area contributed by atoms with Gasteiger partial charge in [-0.2, -0.15) is 5.10 Å². The molecule has 9 nitrogen and oxygen atoms in total. The maximum Gasteiger partial charge on any atom is 0.433 e. The zero-order valence-electron chi connectivity index (χ0n) is 15.7. The van der Waals surface area contributed by atoms with Crippen molar-refractivity contribution >= 4 is 23.9 Å². The van der Waals surface area contributed by atoms with Gasteiger partial charge < -0.3 is 9.73 Å². The van der Waals surface area contributed by atoms with Crippen LogP contribution in [0.5, 0.6) is 0 Å². The molecular formula is C19H24N4O5. The fraction of sp³-hybridized carbons (Fsp3) is 0.632. The average molecular weight is 388 g/mol. The lowest BCUT2D eigenvalue weighted by molar-refractivity contribution is -0.402. The number of nitrogens with one attached hydrogen (secondary N) is 2. The molecule has 4 fully saturated rings. The second-order valence-corrected chi connectivity index (χ2v) is 8.56. The number of hydrazone groups is 1. The fourth-order valence-corrected chi connectivity index (χ4v) is 5.57. The van der Waals surface area contributed by atoms with Crippen LogP contribution in [-0.4, -0.2) is 29.0 Å². The van der Waals surface area contributed by atoms with E-state index in [4.69, 9.17) is 4.42 Å². The van der Waals surface area contributed by atoms with E-state index >= 15 is 0 Å². The molecule has 150 valence electrons. The van der Waals surface area contributed by atoms with Crippen molar-refractivity contribution in [2.75, 3.05) is 0 Å². The molecule has 1 aromatic heterocycles. The number of carbonyl (C=O) groups excluding carboxylic acids is 2. The largest absolute Gasteiger partial charge is 0.433 e. The van der Waals surface area contributed by atoms with Crippen molar-refractivity contribution in [1.82, 2.24) is 10.7 Å². The summed E-state index contributed by atoms with van der Waals surface area (Å²) in [6.45, 7) is 1.63. The minimum Gasteiger partial charge on any atom is -0.400 e. The smallest absolute Gasteiger partial charge is 0.400 e. The predicted molar refractivity (Wildman–Crippen MR) is 99.3 cm³/mol. The number of hydrogen-bond donors (Lipinski definition) is 2. The van der Waals surface area contributed by atoms with Crippen LogP contribution in [0.25, 0.3) is 0 Å². The van der Waals surface area contributed by atoms with Gasteiger partial charge in [-0.15, -0.1) is 0 Å². The highest BCUT2D eigenvalue weighted by Crippen LogP contribution is 2.60. The third-order valence-electron chi connectivity index (χ3n) is 6.42. The molecule has 1 aromatic rings. The van der Waals surface area contributed by atoms with Crippen LogP contribution < -0.4 is 10.7 Å². The molecule has 0 aliphatic heterocycles. The van der Waals surface area contributed by atoms with Crippen LogP contribution in [0.15, 0.2) is 21.7 Å². The number of carbonyl (C=O) groups is 2. The molecule has 28 heavy (non-hydrogen) atoms. The van der Waals surface area contributed by atoms with E-state index in [9.17, 15) is 19.7 Å². The normalized spacial score (nSPS) is 31.7. The Hall–Kier alpha value is -2.71. The third kappa shape index (κ3) is 3.53. The lowest BCUT2D eigenvalue weighted by Gasteiger charge is -2.55. The molecule has 4 bridgehead atoms. The summed E-state index contributed by atoms with van der Waals surface area (Å²) in [4.78, 5) is 35.1. The number of nitro groups is 1. The van der Waals surface area contributed by atoms with Gasteiger partial charge in [-0.05, 0) is 69.3 Å². The number of nitrogens with zero attached hydrogens (tertiary/aromatic N) is 2. The van der Waals surface area contributed by atoms with E-state index in [1.165, 1.54) is 37.6 Å². The molecular weight excluding hydrogens is 364 g/mol. The second-order valence-electron chi connectivity index (χ2n) is 8.56. The van der Waals surface area contributed by atoms with Gasteiger partial charge in [-0.25, -0.2) is 5.43 Å². The molecule has 1 unspecified atom stereocenters. The summed E-state index contributed by atoms with van der Waals surface area (Å²) in [5, 5.41) is 17.2. The summed E-state index contributed by atoms with van der Waals surface area (Å²) < 4.78 is 4.92. The third-order valence-corrected chi connectivity index (χ3v) is 6.42. The number of hydrogen-bond acceptors (Lipinski definition) is 6. The predicted octanol–water partition coefficient (Wildman–Crippen LogP) is 2.36. The number of furan rings is 1. The molecule has 2 N–H and O–H groups in total. The Balaban J connectivity index is 1.31. The van der Waals surface area contributed by atoms with Crippen molar-refractivity contribution in [2.24, 2.45) is 28.3 Å². The molecule has 1 heterocycles. The van der Waals surface area contributed by atoms with Gasteiger partial charge >= 0.3 is 5.88 Å². The van der Waals surface area contributed by atoms with Crippen LogP contribution in [-0.2, 0) is 9.59 Å². The van der Waals surface area contributed by atoms with Gasteiger partial charge in [0.25, 0.3) is 5.91 Å². The molecule has 0 spiro atoms. The Morgan fingerprint density at radius 3 is 2.39 bits per heavy atom. The van der Waals surface area contributed by atoms with Gasteiger partial charge in [0.15, 0.2) is 5.76 Å². The van der Waals surface area contributed by atoms with Crippen molar-refractivity contribution < 1.29 is 18.9 Å². The molecule has 4 saturated carbocycles. The van der Waals surface area contributed by atoms with Gasteiger partial charge in [-0.1, -0.05) is 0 Å². The van der Waals surface area contributed by atoms with Crippen molar-refractivity contribution in [3.05, 3.63) is 28.0 Å². The summed E-state index contributed by atoms with van der Waals surface area (Å²) in [5.41, 5.74) is 2.03. The van der Waals surface area contributed by atoms with E-state index in [2.05, 4.69) is 15.8 Å². The summed E-state index contributed by atoms with van der Waals surface area (Å²) in [5.74, 6) is 1.26. The maximum atomic E-state index is 13.0. The molecule has 0 saturated heterocycles. The lowest BCUT2D eigenvalue weighted by atomic mass is 9.49. The first-order valence-electron chi connectivity index (χ1n) is 9.73. The van der Waals surface area contributed by atoms with E-state index in [-0.39, 0.29) is 17.1 Å². The van der Waals surface area contributed by atoms with Crippen LogP contribution in [0.4, 0.5) is 5.88 Å². The molecule has 1 atom stereocenters. The van der Waals surface area contributed by atoms with Crippen LogP contribution in [0.1, 0.15) is 51.2 Å². The van der Waals surface area contributed by atoms with Gasteiger partial charge in [-0.3, -0.25) is 19.7 Å². The minimum absolute atomic E-state index is 0.0140. The average Bonchev–Trinajstić information content (AvgIpc) is 3.09. The Kier molecular flexibility index (Phi) is 4.68. The van der Waals surface area contributed by atoms with Crippen LogP contribution in [0.3, 0.4) is 0 Å². The number of amides is 2. The Bertz CT molecular complexity index is 795. The Labute approximate surface area is 162 Å². The van der Waals surface area contributed by atoms with Gasteiger partial charge in [0.1, 0.15) is 11.0 Å². The summed E-state index contributed by atoms with van der Waals surface area (Å²) >= 11 is 0. The van der Waals surface area contributed by atoms with Crippen molar-refractivity contribution in [2.45, 2.75) is 51.5 Å². The highest BCUT2D eigenvalue weighted by Gasteiger charge is 2.54. The molecule has 0 aromatic carbocycles. The van der Waals surface area contributed by atoms with Crippen molar-refractivity contribution in [3.8, 4) is 0 Å². The van der Waals surface area contributed by atoms with Crippen molar-refractivity contribution in [1.29, 1.82) is 0 Å². The van der Waals surface area contributed by atoms with E-state index in [0.717, 1.165) is 19.3 Å². The first-order valence-corrected chi connectivity index (χ1v) is 9.73. The van der Waals surface area contributed by atoms with Crippen LogP contribution in [0.2, 0.25) is 0 Å². The van der Waals surface area contributed by atoms with E-state index in [0.29, 0.717) is 17.8 Å². The molecule has 5 rings (SSSR count). The van der Waals surface area contributed by atoms with Crippen molar-refractivity contribution in [3.63, 3.8) is 0 Å². The first-order chi connectivity index (χ1) is 13.3. The summed E-state index contributed by atoms with van der Waals surface area (Å²) in [6.07, 6.45) is 7.75. The Morgan fingerprint density at radius 1 is 1.25 bits per heavy atom. The zero-order valence-corrected chi connectivity index (χ0v) is 15.7. The standard InChI is InChI=1S/C19H24N4O5/c1-11(17(24)22-20-10-15-2-3-16(28-15)23(26)27)21-18(25)19-7-12-4-13(8-19)6-14(5-12)9-19/h2-3,10-14H,4-9H2,1H3,(H,21,25)(H,22,24). The van der Waals surface area contributed by atoms with Crippen LogP contribution in [0, 0.1) is 33.3 Å². The first kappa shape index (κ1) is 18.6. The van der Waals surface area contributed by atoms with Crippen LogP contribution >= 0.6 is 0 Å². The Morgan fingerprint density at radius 2 is 1.86 bits per heavy atom. The highest BCUT2D eigenvalue weighted by atomic mass is 16.6. The molecule has 4 aliphatic rings. The SMILES string of the molecule is CC(NC(=O)C12CC3CC(CC(C3)C1)C2)C(=O)NN=Cc1ccc([N+](=O)[O-])o1. The monoisotopic (exact) mass is 388 g/mol.